The number of piperidine rings is 1. The van der Waals surface area contributed by atoms with Crippen LogP contribution in [0.1, 0.15) is 29.6 Å². The Morgan fingerprint density at radius 3 is 2.77 bits per heavy atom. The lowest BCUT2D eigenvalue weighted by Gasteiger charge is -2.32. The normalized spacial score (nSPS) is 18.2. The minimum absolute atomic E-state index is 0.301. The van der Waals surface area contributed by atoms with Gasteiger partial charge in [0, 0.05) is 12.7 Å². The van der Waals surface area contributed by atoms with Gasteiger partial charge in [-0.3, -0.25) is 4.79 Å². The van der Waals surface area contributed by atoms with Crippen LogP contribution < -0.4 is 0 Å². The number of pyridine rings is 1. The molecule has 1 aliphatic rings. The number of nitrogens with zero attached hydrogens (tertiary/aromatic N) is 5. The highest BCUT2D eigenvalue weighted by molar-refractivity contribution is 5.96. The predicted octanol–water partition coefficient (Wildman–Crippen LogP) is 0.742. The number of rotatable bonds is 3. The van der Waals surface area contributed by atoms with Gasteiger partial charge in [0.1, 0.15) is 18.7 Å². The third-order valence-corrected chi connectivity index (χ3v) is 3.70. The highest BCUT2D eigenvalue weighted by atomic mass is 16.4. The van der Waals surface area contributed by atoms with E-state index in [-0.39, 0.29) is 5.91 Å². The summed E-state index contributed by atoms with van der Waals surface area (Å²) in [6.45, 7) is 0.459. The van der Waals surface area contributed by atoms with E-state index in [4.69, 9.17) is 0 Å². The van der Waals surface area contributed by atoms with Gasteiger partial charge in [0.15, 0.2) is 5.82 Å². The first-order valence-electron chi connectivity index (χ1n) is 7.01. The van der Waals surface area contributed by atoms with Crippen LogP contribution in [0.5, 0.6) is 0 Å². The van der Waals surface area contributed by atoms with E-state index in [0.717, 1.165) is 12.8 Å². The number of aliphatic carboxylic acids is 1. The second-order valence-electron chi connectivity index (χ2n) is 5.09. The first-order chi connectivity index (χ1) is 10.7. The Kier molecular flexibility index (Phi) is 3.82. The van der Waals surface area contributed by atoms with E-state index in [1.165, 1.54) is 28.4 Å². The molecular formula is C14H15N5O3. The van der Waals surface area contributed by atoms with Crippen LogP contribution in [0, 0.1) is 0 Å². The first-order valence-corrected chi connectivity index (χ1v) is 7.01. The quantitative estimate of drug-likeness (QED) is 0.897. The Labute approximate surface area is 126 Å². The summed E-state index contributed by atoms with van der Waals surface area (Å²) in [5.41, 5.74) is 0.372. The van der Waals surface area contributed by atoms with Gasteiger partial charge in [-0.25, -0.2) is 19.4 Å². The van der Waals surface area contributed by atoms with Crippen LogP contribution in [0.2, 0.25) is 0 Å². The summed E-state index contributed by atoms with van der Waals surface area (Å²) in [5.74, 6) is -0.715. The van der Waals surface area contributed by atoms with E-state index in [0.29, 0.717) is 24.3 Å². The van der Waals surface area contributed by atoms with Crippen molar-refractivity contribution in [1.82, 2.24) is 24.6 Å². The molecule has 3 heterocycles. The molecule has 2 aromatic rings. The summed E-state index contributed by atoms with van der Waals surface area (Å²) in [5, 5.41) is 13.2. The minimum atomic E-state index is -0.958. The Bertz CT molecular complexity index is 668. The molecule has 22 heavy (non-hydrogen) atoms. The molecule has 0 radical (unpaired) electrons. The van der Waals surface area contributed by atoms with Crippen molar-refractivity contribution in [3.05, 3.63) is 36.5 Å². The SMILES string of the molecule is O=C(O)[C@H]1CCCCN1C(=O)c1ccc(-n2cncn2)nc1. The third kappa shape index (κ3) is 2.67. The standard InChI is InChI=1S/C14H15N5O3/c20-13(18-6-2-1-3-11(18)14(21)22)10-4-5-12(16-7-10)19-9-15-8-17-19/h4-5,7-9,11H,1-3,6H2,(H,21,22)/t11-/m1/s1. The summed E-state index contributed by atoms with van der Waals surface area (Å²) in [6.07, 6.45) is 6.48. The van der Waals surface area contributed by atoms with Crippen LogP contribution in [0.25, 0.3) is 5.82 Å². The lowest BCUT2D eigenvalue weighted by Crippen LogP contribution is -2.48. The zero-order chi connectivity index (χ0) is 15.5. The molecule has 0 saturated carbocycles. The summed E-state index contributed by atoms with van der Waals surface area (Å²) in [6, 6.07) is 2.53. The fourth-order valence-corrected chi connectivity index (χ4v) is 2.57. The highest BCUT2D eigenvalue weighted by Crippen LogP contribution is 2.20. The number of hydrogen-bond donors (Lipinski definition) is 1. The van der Waals surface area contributed by atoms with Gasteiger partial charge in [-0.05, 0) is 31.4 Å². The maximum atomic E-state index is 12.5. The van der Waals surface area contributed by atoms with Crippen molar-refractivity contribution in [2.75, 3.05) is 6.54 Å². The van der Waals surface area contributed by atoms with Gasteiger partial charge in [-0.2, -0.15) is 5.10 Å². The van der Waals surface area contributed by atoms with Gasteiger partial charge in [0.2, 0.25) is 0 Å². The second-order valence-corrected chi connectivity index (χ2v) is 5.09. The maximum absolute atomic E-state index is 12.5. The molecule has 0 spiro atoms. The van der Waals surface area contributed by atoms with Gasteiger partial charge >= 0.3 is 5.97 Å². The molecular weight excluding hydrogens is 286 g/mol. The predicted molar refractivity (Wildman–Crippen MR) is 75.5 cm³/mol. The third-order valence-electron chi connectivity index (χ3n) is 3.70. The van der Waals surface area contributed by atoms with Crippen molar-refractivity contribution >= 4 is 11.9 Å². The van der Waals surface area contributed by atoms with Gasteiger partial charge in [0.05, 0.1) is 5.56 Å². The Morgan fingerprint density at radius 2 is 2.14 bits per heavy atom. The van der Waals surface area contributed by atoms with E-state index < -0.39 is 12.0 Å². The van der Waals surface area contributed by atoms with Crippen LogP contribution in [0.3, 0.4) is 0 Å². The van der Waals surface area contributed by atoms with Crippen LogP contribution in [0.4, 0.5) is 0 Å². The monoisotopic (exact) mass is 301 g/mol. The minimum Gasteiger partial charge on any atom is -0.480 e. The van der Waals surface area contributed by atoms with E-state index in [1.54, 1.807) is 12.1 Å². The zero-order valence-corrected chi connectivity index (χ0v) is 11.8. The highest BCUT2D eigenvalue weighted by Gasteiger charge is 2.32. The number of amides is 1. The van der Waals surface area contributed by atoms with Crippen LogP contribution >= 0.6 is 0 Å². The summed E-state index contributed by atoms with van der Waals surface area (Å²) in [7, 11) is 0. The molecule has 0 bridgehead atoms. The van der Waals surface area contributed by atoms with E-state index in [1.807, 2.05) is 0 Å². The van der Waals surface area contributed by atoms with Gasteiger partial charge in [-0.1, -0.05) is 0 Å². The average Bonchev–Trinajstić information content (AvgIpc) is 3.09. The average molecular weight is 301 g/mol. The largest absolute Gasteiger partial charge is 0.480 e. The molecule has 1 aliphatic heterocycles. The number of carboxylic acids is 1. The van der Waals surface area contributed by atoms with Crippen molar-refractivity contribution in [2.45, 2.75) is 25.3 Å². The molecule has 8 nitrogen and oxygen atoms in total. The second kappa shape index (κ2) is 5.92. The van der Waals surface area contributed by atoms with Gasteiger partial charge < -0.3 is 10.0 Å². The van der Waals surface area contributed by atoms with Crippen LogP contribution in [-0.4, -0.2) is 54.2 Å². The first kappa shape index (κ1) is 14.2. The maximum Gasteiger partial charge on any atom is 0.326 e. The van der Waals surface area contributed by atoms with Crippen molar-refractivity contribution in [1.29, 1.82) is 0 Å². The topological polar surface area (TPSA) is 101 Å². The van der Waals surface area contributed by atoms with Crippen molar-refractivity contribution in [2.24, 2.45) is 0 Å². The van der Waals surface area contributed by atoms with Gasteiger partial charge in [0.25, 0.3) is 5.91 Å². The number of carbonyl (C=O) groups excluding carboxylic acids is 1. The Morgan fingerprint density at radius 1 is 1.27 bits per heavy atom. The lowest BCUT2D eigenvalue weighted by molar-refractivity contribution is -0.143. The number of carbonyl (C=O) groups is 2. The number of likely N-dealkylation sites (tertiary alicyclic amines) is 1. The number of aromatic nitrogens is 4. The van der Waals surface area contributed by atoms with Gasteiger partial charge in [-0.15, -0.1) is 0 Å². The van der Waals surface area contributed by atoms with E-state index in [9.17, 15) is 14.7 Å². The summed E-state index contributed by atoms with van der Waals surface area (Å²) >= 11 is 0. The summed E-state index contributed by atoms with van der Waals surface area (Å²) < 4.78 is 1.48. The molecule has 1 amide bonds. The number of carboxylic acid groups (broad SMARTS) is 1. The molecule has 3 rings (SSSR count). The molecule has 1 fully saturated rings. The molecule has 1 N–H and O–H groups in total. The zero-order valence-electron chi connectivity index (χ0n) is 11.8. The number of hydrogen-bond acceptors (Lipinski definition) is 5. The van der Waals surface area contributed by atoms with Crippen LogP contribution in [-0.2, 0) is 4.79 Å². The van der Waals surface area contributed by atoms with Crippen molar-refractivity contribution in [3.8, 4) is 5.82 Å². The summed E-state index contributed by atoms with van der Waals surface area (Å²) in [4.78, 5) is 33.2. The molecule has 2 aromatic heterocycles. The molecule has 0 unspecified atom stereocenters. The Hall–Kier alpha value is -2.77. The molecule has 0 aromatic carbocycles. The van der Waals surface area contributed by atoms with Crippen LogP contribution in [0.15, 0.2) is 31.0 Å². The van der Waals surface area contributed by atoms with E-state index >= 15 is 0 Å². The fourth-order valence-electron chi connectivity index (χ4n) is 2.57. The fraction of sp³-hybridized carbons (Fsp3) is 0.357. The molecule has 1 atom stereocenters. The van der Waals surface area contributed by atoms with E-state index in [2.05, 4.69) is 15.1 Å². The lowest BCUT2D eigenvalue weighted by atomic mass is 10.0. The van der Waals surface area contributed by atoms with Crippen molar-refractivity contribution < 1.29 is 14.7 Å². The molecule has 8 heteroatoms. The molecule has 1 saturated heterocycles. The molecule has 0 aliphatic carbocycles. The molecule has 114 valence electrons. The smallest absolute Gasteiger partial charge is 0.326 e. The Balaban J connectivity index is 1.81. The van der Waals surface area contributed by atoms with Crippen molar-refractivity contribution in [3.63, 3.8) is 0 Å².